The largest absolute Gasteiger partial charge is 0.337 e. The van der Waals surface area contributed by atoms with Crippen LogP contribution in [0.2, 0.25) is 0 Å². The molecule has 2 aromatic rings. The van der Waals surface area contributed by atoms with Gasteiger partial charge in [0.2, 0.25) is 5.89 Å². The van der Waals surface area contributed by atoms with Gasteiger partial charge in [0.05, 0.1) is 0 Å². The van der Waals surface area contributed by atoms with Crippen LogP contribution in [0, 0.1) is 0 Å². The zero-order valence-electron chi connectivity index (χ0n) is 12.7. The highest BCUT2D eigenvalue weighted by Crippen LogP contribution is 2.34. The predicted octanol–water partition coefficient (Wildman–Crippen LogP) is 2.36. The van der Waals surface area contributed by atoms with Crippen LogP contribution in [0.5, 0.6) is 0 Å². The molecule has 3 amide bonds. The van der Waals surface area contributed by atoms with Gasteiger partial charge in [-0.1, -0.05) is 46.2 Å². The molecular formula is C15H15BrN4O3. The molecule has 0 spiro atoms. The molecular weight excluding hydrogens is 364 g/mol. The van der Waals surface area contributed by atoms with Crippen LogP contribution in [0.1, 0.15) is 31.1 Å². The van der Waals surface area contributed by atoms with Crippen molar-refractivity contribution in [2.45, 2.75) is 32.4 Å². The van der Waals surface area contributed by atoms with Crippen molar-refractivity contribution in [2.75, 3.05) is 0 Å². The van der Waals surface area contributed by atoms with Crippen molar-refractivity contribution >= 4 is 27.9 Å². The molecule has 7 nitrogen and oxygen atoms in total. The molecule has 1 N–H and O–H groups in total. The Morgan fingerprint density at radius 2 is 2.09 bits per heavy atom. The van der Waals surface area contributed by atoms with E-state index in [2.05, 4.69) is 31.4 Å². The average molecular weight is 379 g/mol. The van der Waals surface area contributed by atoms with Crippen LogP contribution in [0.3, 0.4) is 0 Å². The molecule has 0 aliphatic carbocycles. The average Bonchev–Trinajstić information content (AvgIpc) is 3.07. The van der Waals surface area contributed by atoms with Gasteiger partial charge in [-0.2, -0.15) is 4.98 Å². The van der Waals surface area contributed by atoms with Gasteiger partial charge in [-0.25, -0.2) is 4.79 Å². The summed E-state index contributed by atoms with van der Waals surface area (Å²) in [7, 11) is 0. The van der Waals surface area contributed by atoms with Crippen molar-refractivity contribution in [1.29, 1.82) is 0 Å². The first-order chi connectivity index (χ1) is 11.0. The summed E-state index contributed by atoms with van der Waals surface area (Å²) in [5.41, 5.74) is -0.439. The zero-order valence-corrected chi connectivity index (χ0v) is 14.3. The smallest absolute Gasteiger partial charge is 0.325 e. The lowest BCUT2D eigenvalue weighted by Gasteiger charge is -2.23. The molecule has 8 heteroatoms. The number of rotatable bonds is 4. The SMILES string of the molecule is CCc1noc(CN2C(=O)NC(C)(c3ccccc3Br)C2=O)n1. The Hall–Kier alpha value is -2.22. The number of aryl methyl sites for hydroxylation is 1. The van der Waals surface area contributed by atoms with E-state index >= 15 is 0 Å². The van der Waals surface area contributed by atoms with E-state index in [-0.39, 0.29) is 18.3 Å². The van der Waals surface area contributed by atoms with Crippen molar-refractivity contribution in [2.24, 2.45) is 0 Å². The van der Waals surface area contributed by atoms with Crippen LogP contribution in [0.15, 0.2) is 33.3 Å². The molecule has 120 valence electrons. The highest BCUT2D eigenvalue weighted by molar-refractivity contribution is 9.10. The number of aromatic nitrogens is 2. The lowest BCUT2D eigenvalue weighted by atomic mass is 9.92. The van der Waals surface area contributed by atoms with Crippen molar-refractivity contribution in [3.05, 3.63) is 46.0 Å². The standard InChI is InChI=1S/C15H15BrN4O3/c1-3-11-17-12(23-19-11)8-20-13(21)15(2,18-14(20)22)9-6-4-5-7-10(9)16/h4-7H,3,8H2,1-2H3,(H,18,22). The number of hydrogen-bond acceptors (Lipinski definition) is 5. The first-order valence-corrected chi connectivity index (χ1v) is 7.95. The lowest BCUT2D eigenvalue weighted by molar-refractivity contribution is -0.131. The van der Waals surface area contributed by atoms with Gasteiger partial charge < -0.3 is 9.84 Å². The predicted molar refractivity (Wildman–Crippen MR) is 84.3 cm³/mol. The quantitative estimate of drug-likeness (QED) is 0.824. The van der Waals surface area contributed by atoms with Crippen molar-refractivity contribution in [3.8, 4) is 0 Å². The maximum Gasteiger partial charge on any atom is 0.325 e. The molecule has 1 aromatic heterocycles. The first kappa shape index (κ1) is 15.7. The van der Waals surface area contributed by atoms with E-state index in [0.717, 1.165) is 9.37 Å². The highest BCUT2D eigenvalue weighted by atomic mass is 79.9. The van der Waals surface area contributed by atoms with Gasteiger partial charge >= 0.3 is 6.03 Å². The number of carbonyl (C=O) groups excluding carboxylic acids is 2. The Morgan fingerprint density at radius 1 is 1.35 bits per heavy atom. The van der Waals surface area contributed by atoms with E-state index < -0.39 is 11.6 Å². The van der Waals surface area contributed by atoms with Gasteiger partial charge in [-0.15, -0.1) is 0 Å². The van der Waals surface area contributed by atoms with E-state index in [9.17, 15) is 9.59 Å². The number of amides is 3. The van der Waals surface area contributed by atoms with E-state index in [1.54, 1.807) is 13.0 Å². The molecule has 1 aliphatic rings. The Labute approximate surface area is 141 Å². The summed E-state index contributed by atoms with van der Waals surface area (Å²) >= 11 is 3.43. The van der Waals surface area contributed by atoms with Crippen molar-refractivity contribution in [3.63, 3.8) is 0 Å². The third-order valence-electron chi connectivity index (χ3n) is 3.81. The Morgan fingerprint density at radius 3 is 2.74 bits per heavy atom. The second-order valence-electron chi connectivity index (χ2n) is 5.38. The number of nitrogens with zero attached hydrogens (tertiary/aromatic N) is 3. The van der Waals surface area contributed by atoms with Crippen LogP contribution in [-0.4, -0.2) is 27.0 Å². The van der Waals surface area contributed by atoms with Gasteiger partial charge in [0.25, 0.3) is 5.91 Å². The summed E-state index contributed by atoms with van der Waals surface area (Å²) < 4.78 is 5.82. The molecule has 1 fully saturated rings. The van der Waals surface area contributed by atoms with Gasteiger partial charge in [0.1, 0.15) is 12.1 Å². The van der Waals surface area contributed by atoms with Crippen molar-refractivity contribution in [1.82, 2.24) is 20.4 Å². The summed E-state index contributed by atoms with van der Waals surface area (Å²) in [4.78, 5) is 30.3. The van der Waals surface area contributed by atoms with Gasteiger partial charge in [0.15, 0.2) is 5.82 Å². The van der Waals surface area contributed by atoms with Gasteiger partial charge in [-0.3, -0.25) is 9.69 Å². The normalized spacial score (nSPS) is 20.9. The lowest BCUT2D eigenvalue weighted by Crippen LogP contribution is -2.41. The van der Waals surface area contributed by atoms with E-state index in [4.69, 9.17) is 4.52 Å². The molecule has 0 bridgehead atoms. The van der Waals surface area contributed by atoms with Crippen LogP contribution >= 0.6 is 15.9 Å². The Balaban J connectivity index is 1.89. The number of carbonyl (C=O) groups is 2. The molecule has 0 radical (unpaired) electrons. The summed E-state index contributed by atoms with van der Waals surface area (Å²) in [6, 6.07) is 6.81. The second kappa shape index (κ2) is 5.77. The Kier molecular flexibility index (Phi) is 3.93. The van der Waals surface area contributed by atoms with Gasteiger partial charge in [0, 0.05) is 16.5 Å². The number of nitrogens with one attached hydrogen (secondary N) is 1. The topological polar surface area (TPSA) is 88.3 Å². The monoisotopic (exact) mass is 378 g/mol. The summed E-state index contributed by atoms with van der Waals surface area (Å²) in [5.74, 6) is 0.424. The van der Waals surface area contributed by atoms with E-state index in [1.165, 1.54) is 0 Å². The number of benzene rings is 1. The molecule has 1 unspecified atom stereocenters. The maximum atomic E-state index is 12.8. The second-order valence-corrected chi connectivity index (χ2v) is 6.24. The number of imide groups is 1. The fourth-order valence-electron chi connectivity index (χ4n) is 2.52. The summed E-state index contributed by atoms with van der Waals surface area (Å²) in [6.45, 7) is 3.53. The van der Waals surface area contributed by atoms with E-state index in [0.29, 0.717) is 17.8 Å². The van der Waals surface area contributed by atoms with Crippen LogP contribution in [-0.2, 0) is 23.3 Å². The minimum atomic E-state index is -1.13. The maximum absolute atomic E-state index is 12.8. The molecule has 23 heavy (non-hydrogen) atoms. The highest BCUT2D eigenvalue weighted by Gasteiger charge is 2.50. The number of halogens is 1. The minimum Gasteiger partial charge on any atom is -0.337 e. The van der Waals surface area contributed by atoms with Crippen LogP contribution < -0.4 is 5.32 Å². The Bertz CT molecular complexity index is 776. The number of urea groups is 1. The fraction of sp³-hybridized carbons (Fsp3) is 0.333. The summed E-state index contributed by atoms with van der Waals surface area (Å²) in [5, 5.41) is 6.52. The molecule has 2 heterocycles. The van der Waals surface area contributed by atoms with Gasteiger partial charge in [-0.05, 0) is 13.0 Å². The van der Waals surface area contributed by atoms with Crippen molar-refractivity contribution < 1.29 is 14.1 Å². The molecule has 1 saturated heterocycles. The molecule has 3 rings (SSSR count). The zero-order chi connectivity index (χ0) is 16.6. The minimum absolute atomic E-state index is 0.0439. The third-order valence-corrected chi connectivity index (χ3v) is 4.50. The summed E-state index contributed by atoms with van der Waals surface area (Å²) in [6.07, 6.45) is 0.623. The van der Waals surface area contributed by atoms with E-state index in [1.807, 2.05) is 25.1 Å². The fourth-order valence-corrected chi connectivity index (χ4v) is 3.20. The number of hydrogen-bond donors (Lipinski definition) is 1. The first-order valence-electron chi connectivity index (χ1n) is 7.16. The third kappa shape index (κ3) is 2.63. The molecule has 1 atom stereocenters. The molecule has 1 aliphatic heterocycles. The van der Waals surface area contributed by atoms with Crippen LogP contribution in [0.4, 0.5) is 4.79 Å². The molecule has 0 saturated carbocycles. The molecule has 1 aromatic carbocycles. The van der Waals surface area contributed by atoms with Crippen LogP contribution in [0.25, 0.3) is 0 Å².